The van der Waals surface area contributed by atoms with E-state index in [1.807, 2.05) is 36.1 Å². The highest BCUT2D eigenvalue weighted by Gasteiger charge is 2.27. The Morgan fingerprint density at radius 1 is 1.32 bits per heavy atom. The van der Waals surface area contributed by atoms with Crippen molar-refractivity contribution in [3.8, 4) is 0 Å². The molecule has 1 aromatic carbocycles. The summed E-state index contributed by atoms with van der Waals surface area (Å²) in [6.45, 7) is 4.89. The van der Waals surface area contributed by atoms with Gasteiger partial charge in [-0.05, 0) is 45.2 Å². The zero-order chi connectivity index (χ0) is 15.5. The number of nitrogens with one attached hydrogen (secondary N) is 1. The summed E-state index contributed by atoms with van der Waals surface area (Å²) in [7, 11) is 0. The summed E-state index contributed by atoms with van der Waals surface area (Å²) in [5, 5.41) is 4.20. The first kappa shape index (κ1) is 14.8. The van der Waals surface area contributed by atoms with Gasteiger partial charge in [0.1, 0.15) is 18.2 Å². The normalized spacial score (nSPS) is 19.9. The molecule has 0 aliphatic carbocycles. The van der Waals surface area contributed by atoms with E-state index >= 15 is 0 Å². The van der Waals surface area contributed by atoms with E-state index in [1.54, 1.807) is 0 Å². The fraction of sp³-hybridized carbons (Fsp3) is 0.471. The third kappa shape index (κ3) is 2.89. The average molecular weight is 298 g/mol. The maximum atomic E-state index is 12.7. The fourth-order valence-electron chi connectivity index (χ4n) is 3.06. The lowest BCUT2D eigenvalue weighted by Crippen LogP contribution is -2.48. The maximum absolute atomic E-state index is 12.7. The number of carbonyl (C=O) groups is 1. The topological polar surface area (TPSA) is 58.1 Å². The molecule has 5 heteroatoms. The molecule has 2 aromatic rings. The molecule has 0 radical (unpaired) electrons. The van der Waals surface area contributed by atoms with Crippen molar-refractivity contribution in [2.45, 2.75) is 45.2 Å². The number of carbonyl (C=O) groups excluding carboxylic acids is 1. The minimum absolute atomic E-state index is 0.148. The standard InChI is InChI=1S/C17H22N4O/c1-12-7-5-6-10-21(12)17(22)13(2)20-16-14-8-3-4-9-15(14)18-11-19-16/h3-4,8-9,11-13H,5-7,10H2,1-2H3,(H,18,19,20). The first-order chi connectivity index (χ1) is 10.7. The van der Waals surface area contributed by atoms with Crippen molar-refractivity contribution in [2.24, 2.45) is 0 Å². The van der Waals surface area contributed by atoms with E-state index in [9.17, 15) is 4.79 Å². The summed E-state index contributed by atoms with van der Waals surface area (Å²) in [4.78, 5) is 23.2. The van der Waals surface area contributed by atoms with Gasteiger partial charge in [-0.1, -0.05) is 12.1 Å². The Morgan fingerprint density at radius 2 is 2.14 bits per heavy atom. The van der Waals surface area contributed by atoms with Crippen LogP contribution in [0.4, 0.5) is 5.82 Å². The lowest BCUT2D eigenvalue weighted by atomic mass is 10.0. The molecule has 5 nitrogen and oxygen atoms in total. The Hall–Kier alpha value is -2.17. The fourth-order valence-corrected chi connectivity index (χ4v) is 3.06. The van der Waals surface area contributed by atoms with E-state index in [-0.39, 0.29) is 11.9 Å². The molecule has 1 aliphatic rings. The van der Waals surface area contributed by atoms with E-state index in [0.717, 1.165) is 36.1 Å². The van der Waals surface area contributed by atoms with Crippen molar-refractivity contribution in [3.63, 3.8) is 0 Å². The van der Waals surface area contributed by atoms with Crippen molar-refractivity contribution < 1.29 is 4.79 Å². The van der Waals surface area contributed by atoms with Gasteiger partial charge in [0, 0.05) is 18.0 Å². The summed E-state index contributed by atoms with van der Waals surface area (Å²) in [5.74, 6) is 0.867. The van der Waals surface area contributed by atoms with Gasteiger partial charge in [-0.3, -0.25) is 4.79 Å². The van der Waals surface area contributed by atoms with Gasteiger partial charge in [0.2, 0.25) is 5.91 Å². The zero-order valence-corrected chi connectivity index (χ0v) is 13.1. The molecule has 1 saturated heterocycles. The van der Waals surface area contributed by atoms with Gasteiger partial charge in [0.05, 0.1) is 5.52 Å². The van der Waals surface area contributed by atoms with E-state index < -0.39 is 0 Å². The molecule has 0 saturated carbocycles. The van der Waals surface area contributed by atoms with Crippen LogP contribution >= 0.6 is 0 Å². The summed E-state index contributed by atoms with van der Waals surface area (Å²) in [6.07, 6.45) is 4.93. The molecule has 0 spiro atoms. The van der Waals surface area contributed by atoms with Crippen LogP contribution in [0.1, 0.15) is 33.1 Å². The monoisotopic (exact) mass is 298 g/mol. The molecule has 2 unspecified atom stereocenters. The number of aromatic nitrogens is 2. The molecule has 2 heterocycles. The number of fused-ring (bicyclic) bond motifs is 1. The number of rotatable bonds is 3. The van der Waals surface area contributed by atoms with Crippen LogP contribution in [0, 0.1) is 0 Å². The van der Waals surface area contributed by atoms with Gasteiger partial charge in [-0.25, -0.2) is 9.97 Å². The molecule has 1 aromatic heterocycles. The molecule has 22 heavy (non-hydrogen) atoms. The van der Waals surface area contributed by atoms with Gasteiger partial charge < -0.3 is 10.2 Å². The lowest BCUT2D eigenvalue weighted by molar-refractivity contribution is -0.134. The highest BCUT2D eigenvalue weighted by atomic mass is 16.2. The van der Waals surface area contributed by atoms with E-state index in [4.69, 9.17) is 0 Å². The van der Waals surface area contributed by atoms with E-state index in [1.165, 1.54) is 12.7 Å². The number of nitrogens with zero attached hydrogens (tertiary/aromatic N) is 3. The van der Waals surface area contributed by atoms with Crippen molar-refractivity contribution in [3.05, 3.63) is 30.6 Å². The molecule has 1 amide bonds. The molecule has 2 atom stereocenters. The molecule has 116 valence electrons. The summed E-state index contributed by atoms with van der Waals surface area (Å²) < 4.78 is 0. The molecule has 1 aliphatic heterocycles. The molecular weight excluding hydrogens is 276 g/mol. The molecular formula is C17H22N4O. The highest BCUT2D eigenvalue weighted by molar-refractivity contribution is 5.91. The van der Waals surface area contributed by atoms with Gasteiger partial charge in [0.25, 0.3) is 0 Å². The first-order valence-electron chi connectivity index (χ1n) is 7.93. The SMILES string of the molecule is CC(Nc1ncnc2ccccc12)C(=O)N1CCCCC1C. The van der Waals surface area contributed by atoms with Crippen molar-refractivity contribution in [1.29, 1.82) is 0 Å². The van der Waals surface area contributed by atoms with Gasteiger partial charge in [-0.2, -0.15) is 0 Å². The van der Waals surface area contributed by atoms with Crippen LogP contribution in [0.15, 0.2) is 30.6 Å². The van der Waals surface area contributed by atoms with Crippen LogP contribution in [-0.2, 0) is 4.79 Å². The maximum Gasteiger partial charge on any atom is 0.245 e. The molecule has 1 N–H and O–H groups in total. The molecule has 3 rings (SSSR count). The van der Waals surface area contributed by atoms with Crippen molar-refractivity contribution in [1.82, 2.24) is 14.9 Å². The highest BCUT2D eigenvalue weighted by Crippen LogP contribution is 2.21. The second kappa shape index (κ2) is 6.30. The smallest absolute Gasteiger partial charge is 0.245 e. The van der Waals surface area contributed by atoms with Crippen molar-refractivity contribution >= 4 is 22.6 Å². The molecule has 1 fully saturated rings. The summed E-state index contributed by atoms with van der Waals surface area (Å²) in [5.41, 5.74) is 0.881. The van der Waals surface area contributed by atoms with E-state index in [0.29, 0.717) is 6.04 Å². The number of likely N-dealkylation sites (tertiary alicyclic amines) is 1. The third-order valence-electron chi connectivity index (χ3n) is 4.35. The molecule has 0 bridgehead atoms. The number of hydrogen-bond donors (Lipinski definition) is 1. The van der Waals surface area contributed by atoms with Crippen molar-refractivity contribution in [2.75, 3.05) is 11.9 Å². The number of benzene rings is 1. The number of anilines is 1. The zero-order valence-electron chi connectivity index (χ0n) is 13.1. The minimum Gasteiger partial charge on any atom is -0.358 e. The first-order valence-corrected chi connectivity index (χ1v) is 7.93. The summed E-state index contributed by atoms with van der Waals surface area (Å²) >= 11 is 0. The number of para-hydroxylation sites is 1. The Bertz CT molecular complexity index is 667. The second-order valence-corrected chi connectivity index (χ2v) is 5.98. The minimum atomic E-state index is -0.293. The Labute approximate surface area is 130 Å². The summed E-state index contributed by atoms with van der Waals surface area (Å²) in [6, 6.07) is 7.85. The lowest BCUT2D eigenvalue weighted by Gasteiger charge is -2.35. The Kier molecular flexibility index (Phi) is 4.22. The predicted molar refractivity (Wildman–Crippen MR) is 87.6 cm³/mol. The van der Waals surface area contributed by atoms with Crippen LogP contribution in [0.5, 0.6) is 0 Å². The van der Waals surface area contributed by atoms with Crippen LogP contribution < -0.4 is 5.32 Å². The Morgan fingerprint density at radius 3 is 2.95 bits per heavy atom. The number of hydrogen-bond acceptors (Lipinski definition) is 4. The second-order valence-electron chi connectivity index (χ2n) is 5.98. The number of piperidine rings is 1. The largest absolute Gasteiger partial charge is 0.358 e. The van der Waals surface area contributed by atoms with E-state index in [2.05, 4.69) is 22.2 Å². The van der Waals surface area contributed by atoms with Crippen LogP contribution in [0.3, 0.4) is 0 Å². The predicted octanol–water partition coefficient (Wildman–Crippen LogP) is 2.83. The van der Waals surface area contributed by atoms with Crippen LogP contribution in [-0.4, -0.2) is 39.4 Å². The quantitative estimate of drug-likeness (QED) is 0.946. The van der Waals surface area contributed by atoms with Gasteiger partial charge in [0.15, 0.2) is 0 Å². The van der Waals surface area contributed by atoms with Crippen LogP contribution in [0.2, 0.25) is 0 Å². The number of amides is 1. The average Bonchev–Trinajstić information content (AvgIpc) is 2.55. The van der Waals surface area contributed by atoms with Gasteiger partial charge >= 0.3 is 0 Å². The Balaban J connectivity index is 1.78. The third-order valence-corrected chi connectivity index (χ3v) is 4.35. The van der Waals surface area contributed by atoms with Crippen LogP contribution in [0.25, 0.3) is 10.9 Å². The van der Waals surface area contributed by atoms with Gasteiger partial charge in [-0.15, -0.1) is 0 Å².